The van der Waals surface area contributed by atoms with Crippen LogP contribution in [0.15, 0.2) is 30.3 Å². The van der Waals surface area contributed by atoms with E-state index >= 15 is 0 Å². The molecule has 15 heavy (non-hydrogen) atoms. The topological polar surface area (TPSA) is 29.1 Å². The predicted octanol–water partition coefficient (Wildman–Crippen LogP) is 1.59. The molecule has 0 saturated heterocycles. The van der Waals surface area contributed by atoms with Crippen LogP contribution in [0.4, 0.5) is 4.39 Å². The smallest absolute Gasteiger partial charge is 0.244 e. The lowest BCUT2D eigenvalue weighted by Crippen LogP contribution is -2.20. The number of nitrogens with one attached hydrogen (secondary N) is 1. The minimum Gasteiger partial charge on any atom is -0.342 e. The summed E-state index contributed by atoms with van der Waals surface area (Å²) in [6.45, 7) is 0.201. The van der Waals surface area contributed by atoms with E-state index in [2.05, 4.69) is 11.2 Å². The Morgan fingerprint density at radius 3 is 2.73 bits per heavy atom. The molecule has 76 valence electrons. The molecule has 0 unspecified atom stereocenters. The number of amides is 1. The standard InChI is InChI=1S/C12H10FNO/c1-2-9-14-12(15)8-5-10-3-6-11(13)7-4-10/h1,3-8H,9H2,(H,14,15). The van der Waals surface area contributed by atoms with E-state index in [0.29, 0.717) is 0 Å². The van der Waals surface area contributed by atoms with Gasteiger partial charge in [-0.05, 0) is 23.8 Å². The molecule has 1 amide bonds. The van der Waals surface area contributed by atoms with Gasteiger partial charge >= 0.3 is 0 Å². The highest BCUT2D eigenvalue weighted by atomic mass is 19.1. The first-order valence-corrected chi connectivity index (χ1v) is 4.37. The van der Waals surface area contributed by atoms with Crippen LogP contribution >= 0.6 is 0 Å². The molecule has 1 N–H and O–H groups in total. The van der Waals surface area contributed by atoms with E-state index in [1.807, 2.05) is 0 Å². The van der Waals surface area contributed by atoms with Gasteiger partial charge in [0.15, 0.2) is 0 Å². The summed E-state index contributed by atoms with van der Waals surface area (Å²) >= 11 is 0. The third-order valence-corrected chi connectivity index (χ3v) is 1.66. The zero-order valence-corrected chi connectivity index (χ0v) is 8.03. The quantitative estimate of drug-likeness (QED) is 0.586. The first-order valence-electron chi connectivity index (χ1n) is 4.37. The molecule has 0 aromatic heterocycles. The molecule has 0 radical (unpaired) electrons. The van der Waals surface area contributed by atoms with E-state index in [9.17, 15) is 9.18 Å². The number of carbonyl (C=O) groups excluding carboxylic acids is 1. The average molecular weight is 203 g/mol. The van der Waals surface area contributed by atoms with Crippen LogP contribution in [-0.4, -0.2) is 12.5 Å². The highest BCUT2D eigenvalue weighted by Crippen LogP contribution is 2.04. The van der Waals surface area contributed by atoms with Crippen LogP contribution in [-0.2, 0) is 4.79 Å². The van der Waals surface area contributed by atoms with Crippen molar-refractivity contribution in [2.45, 2.75) is 0 Å². The van der Waals surface area contributed by atoms with E-state index < -0.39 is 0 Å². The van der Waals surface area contributed by atoms with Crippen molar-refractivity contribution in [3.8, 4) is 12.3 Å². The Morgan fingerprint density at radius 2 is 2.13 bits per heavy atom. The number of carbonyl (C=O) groups is 1. The number of rotatable bonds is 3. The minimum atomic E-state index is -0.302. The van der Waals surface area contributed by atoms with Crippen LogP contribution in [0, 0.1) is 18.2 Å². The molecule has 0 aliphatic rings. The normalized spacial score (nSPS) is 9.87. The molecular formula is C12H10FNO. The van der Waals surface area contributed by atoms with Gasteiger partial charge in [-0.1, -0.05) is 18.1 Å². The zero-order chi connectivity index (χ0) is 11.1. The van der Waals surface area contributed by atoms with Gasteiger partial charge in [0.2, 0.25) is 5.91 Å². The third kappa shape index (κ3) is 4.10. The van der Waals surface area contributed by atoms with E-state index in [0.717, 1.165) is 5.56 Å². The Labute approximate surface area is 87.8 Å². The number of hydrogen-bond donors (Lipinski definition) is 1. The Balaban J connectivity index is 2.54. The van der Waals surface area contributed by atoms with Crippen molar-refractivity contribution in [2.75, 3.05) is 6.54 Å². The maximum atomic E-state index is 12.5. The second-order valence-electron chi connectivity index (χ2n) is 2.81. The zero-order valence-electron chi connectivity index (χ0n) is 8.03. The Hall–Kier alpha value is -2.08. The number of terminal acetylenes is 1. The Morgan fingerprint density at radius 1 is 1.47 bits per heavy atom. The summed E-state index contributed by atoms with van der Waals surface area (Å²) in [6.07, 6.45) is 7.91. The van der Waals surface area contributed by atoms with Crippen molar-refractivity contribution in [2.24, 2.45) is 0 Å². The summed E-state index contributed by atoms with van der Waals surface area (Å²) in [5, 5.41) is 2.48. The molecule has 0 saturated carbocycles. The lowest BCUT2D eigenvalue weighted by Gasteiger charge is -1.95. The minimum absolute atomic E-state index is 0.201. The van der Waals surface area contributed by atoms with Crippen LogP contribution in [0.25, 0.3) is 6.08 Å². The second kappa shape index (κ2) is 5.61. The third-order valence-electron chi connectivity index (χ3n) is 1.66. The Kier molecular flexibility index (Phi) is 4.11. The van der Waals surface area contributed by atoms with Crippen molar-refractivity contribution in [3.63, 3.8) is 0 Å². The SMILES string of the molecule is C#CCNC(=O)C=Cc1ccc(F)cc1. The van der Waals surface area contributed by atoms with Crippen molar-refractivity contribution in [1.82, 2.24) is 5.32 Å². The van der Waals surface area contributed by atoms with Gasteiger partial charge in [0.1, 0.15) is 5.82 Å². The largest absolute Gasteiger partial charge is 0.342 e. The maximum Gasteiger partial charge on any atom is 0.244 e. The predicted molar refractivity (Wildman–Crippen MR) is 57.3 cm³/mol. The molecule has 0 heterocycles. The van der Waals surface area contributed by atoms with E-state index in [-0.39, 0.29) is 18.3 Å². The first-order chi connectivity index (χ1) is 7.22. The number of halogens is 1. The fourth-order valence-corrected chi connectivity index (χ4v) is 0.943. The molecule has 0 aliphatic heterocycles. The van der Waals surface area contributed by atoms with Gasteiger partial charge < -0.3 is 5.32 Å². The van der Waals surface area contributed by atoms with Crippen LogP contribution < -0.4 is 5.32 Å². The monoisotopic (exact) mass is 203 g/mol. The number of hydrogen-bond acceptors (Lipinski definition) is 1. The molecule has 1 aromatic carbocycles. The summed E-state index contributed by atoms with van der Waals surface area (Å²) in [5.74, 6) is 1.72. The molecule has 0 fully saturated rings. The van der Waals surface area contributed by atoms with E-state index in [1.165, 1.54) is 18.2 Å². The van der Waals surface area contributed by atoms with Gasteiger partial charge in [-0.15, -0.1) is 6.42 Å². The summed E-state index contributed by atoms with van der Waals surface area (Å²) in [6, 6.07) is 5.83. The highest BCUT2D eigenvalue weighted by molar-refractivity contribution is 5.91. The van der Waals surface area contributed by atoms with Crippen molar-refractivity contribution < 1.29 is 9.18 Å². The van der Waals surface area contributed by atoms with Crippen LogP contribution in [0.3, 0.4) is 0 Å². The summed E-state index contributed by atoms with van der Waals surface area (Å²) in [7, 11) is 0. The summed E-state index contributed by atoms with van der Waals surface area (Å²) in [4.78, 5) is 11.1. The van der Waals surface area contributed by atoms with Gasteiger partial charge in [-0.25, -0.2) is 4.39 Å². The van der Waals surface area contributed by atoms with Crippen molar-refractivity contribution >= 4 is 12.0 Å². The molecule has 0 aliphatic carbocycles. The lowest BCUT2D eigenvalue weighted by molar-refractivity contribution is -0.116. The lowest BCUT2D eigenvalue weighted by atomic mass is 10.2. The highest BCUT2D eigenvalue weighted by Gasteiger charge is 1.92. The average Bonchev–Trinajstić information content (AvgIpc) is 2.25. The van der Waals surface area contributed by atoms with Crippen LogP contribution in [0.5, 0.6) is 0 Å². The van der Waals surface area contributed by atoms with Crippen molar-refractivity contribution in [3.05, 3.63) is 41.7 Å². The number of benzene rings is 1. The molecule has 1 aromatic rings. The van der Waals surface area contributed by atoms with Gasteiger partial charge in [0.05, 0.1) is 6.54 Å². The second-order valence-corrected chi connectivity index (χ2v) is 2.81. The van der Waals surface area contributed by atoms with E-state index in [4.69, 9.17) is 6.42 Å². The molecule has 0 bridgehead atoms. The summed E-state index contributed by atoms with van der Waals surface area (Å²) in [5.41, 5.74) is 0.757. The van der Waals surface area contributed by atoms with Gasteiger partial charge in [0.25, 0.3) is 0 Å². The van der Waals surface area contributed by atoms with Gasteiger partial charge in [-0.2, -0.15) is 0 Å². The molecule has 2 nitrogen and oxygen atoms in total. The molecule has 1 rings (SSSR count). The van der Waals surface area contributed by atoms with Crippen molar-refractivity contribution in [1.29, 1.82) is 0 Å². The maximum absolute atomic E-state index is 12.5. The first kappa shape index (κ1) is 11.0. The molecule has 0 spiro atoms. The Bertz CT molecular complexity index is 401. The fourth-order valence-electron chi connectivity index (χ4n) is 0.943. The summed E-state index contributed by atoms with van der Waals surface area (Å²) < 4.78 is 12.5. The van der Waals surface area contributed by atoms with E-state index in [1.54, 1.807) is 18.2 Å². The molecular weight excluding hydrogens is 193 g/mol. The van der Waals surface area contributed by atoms with Gasteiger partial charge in [-0.3, -0.25) is 4.79 Å². The van der Waals surface area contributed by atoms with Crippen LogP contribution in [0.2, 0.25) is 0 Å². The molecule has 3 heteroatoms. The van der Waals surface area contributed by atoms with Crippen LogP contribution in [0.1, 0.15) is 5.56 Å². The van der Waals surface area contributed by atoms with Gasteiger partial charge in [0, 0.05) is 6.08 Å². The fraction of sp³-hybridized carbons (Fsp3) is 0.0833. The molecule has 0 atom stereocenters.